The highest BCUT2D eigenvalue weighted by molar-refractivity contribution is 6.05. The van der Waals surface area contributed by atoms with Gasteiger partial charge in [0.05, 0.1) is 24.0 Å². The van der Waals surface area contributed by atoms with Gasteiger partial charge in [0.2, 0.25) is 5.65 Å². The van der Waals surface area contributed by atoms with Gasteiger partial charge in [0.25, 0.3) is 5.91 Å². The molecule has 1 aliphatic rings. The summed E-state index contributed by atoms with van der Waals surface area (Å²) in [5.74, 6) is -0.115. The van der Waals surface area contributed by atoms with E-state index in [9.17, 15) is 4.79 Å². The number of nitrogens with one attached hydrogen (secondary N) is 1. The van der Waals surface area contributed by atoms with Crippen molar-refractivity contribution in [2.45, 2.75) is 31.7 Å². The summed E-state index contributed by atoms with van der Waals surface area (Å²) in [4.78, 5) is 16.8. The maximum Gasteiger partial charge on any atom is 0.251 e. The number of carbonyl (C=O) groups excluding carboxylic acids is 1. The molecule has 7 heteroatoms. The topological polar surface area (TPSA) is 81.9 Å². The van der Waals surface area contributed by atoms with E-state index in [1.807, 2.05) is 18.5 Å². The fraction of sp³-hybridized carbons (Fsp3) is 0.444. The molecule has 0 spiro atoms. The second-order valence-corrected chi connectivity index (χ2v) is 6.44. The second-order valence-electron chi connectivity index (χ2n) is 6.44. The molecular weight excluding hydrogens is 318 g/mol. The van der Waals surface area contributed by atoms with Crippen molar-refractivity contribution in [1.82, 2.24) is 25.1 Å². The Kier molecular flexibility index (Phi) is 4.31. The Morgan fingerprint density at radius 1 is 1.32 bits per heavy atom. The predicted molar refractivity (Wildman–Crippen MR) is 94.5 cm³/mol. The highest BCUT2D eigenvalue weighted by Crippen LogP contribution is 2.33. The summed E-state index contributed by atoms with van der Waals surface area (Å²) in [6.45, 7) is 0.973. The lowest BCUT2D eigenvalue weighted by Crippen LogP contribution is -2.26. The molecule has 0 aliphatic heterocycles. The number of aromatic nitrogens is 4. The van der Waals surface area contributed by atoms with Gasteiger partial charge in [-0.15, -0.1) is 10.2 Å². The minimum Gasteiger partial charge on any atom is -0.383 e. The molecule has 0 radical (unpaired) electrons. The molecule has 1 aromatic carbocycles. The van der Waals surface area contributed by atoms with Crippen molar-refractivity contribution < 1.29 is 9.53 Å². The zero-order valence-electron chi connectivity index (χ0n) is 14.2. The van der Waals surface area contributed by atoms with Gasteiger partial charge in [-0.3, -0.25) is 4.79 Å². The molecule has 1 N–H and O–H groups in total. The predicted octanol–water partition coefficient (Wildman–Crippen LogP) is 2.47. The minimum atomic E-state index is -0.115. The molecule has 1 aliphatic carbocycles. The Morgan fingerprint density at radius 2 is 2.16 bits per heavy atom. The van der Waals surface area contributed by atoms with Crippen LogP contribution in [0.15, 0.2) is 24.5 Å². The first-order valence-corrected chi connectivity index (χ1v) is 8.68. The van der Waals surface area contributed by atoms with E-state index in [0.29, 0.717) is 30.4 Å². The van der Waals surface area contributed by atoms with Gasteiger partial charge in [-0.25, -0.2) is 4.98 Å². The largest absolute Gasteiger partial charge is 0.383 e. The van der Waals surface area contributed by atoms with Gasteiger partial charge in [-0.05, 0) is 31.0 Å². The molecular formula is C18H21N5O2. The van der Waals surface area contributed by atoms with Gasteiger partial charge >= 0.3 is 0 Å². The van der Waals surface area contributed by atoms with Gasteiger partial charge in [-0.1, -0.05) is 12.8 Å². The van der Waals surface area contributed by atoms with Crippen LogP contribution in [-0.2, 0) is 4.74 Å². The van der Waals surface area contributed by atoms with Crippen molar-refractivity contribution >= 4 is 28.0 Å². The fourth-order valence-corrected chi connectivity index (χ4v) is 3.57. The van der Waals surface area contributed by atoms with Crippen LogP contribution in [-0.4, -0.2) is 45.9 Å². The van der Waals surface area contributed by atoms with Gasteiger partial charge in [-0.2, -0.15) is 0 Å². The Balaban J connectivity index is 1.77. The lowest BCUT2D eigenvalue weighted by atomic mass is 10.1. The van der Waals surface area contributed by atoms with Crippen LogP contribution in [0.25, 0.3) is 22.1 Å². The molecule has 25 heavy (non-hydrogen) atoms. The van der Waals surface area contributed by atoms with Crippen LogP contribution in [0.5, 0.6) is 0 Å². The quantitative estimate of drug-likeness (QED) is 0.722. The normalized spacial score (nSPS) is 15.2. The number of rotatable bonds is 5. The first-order chi connectivity index (χ1) is 12.3. The van der Waals surface area contributed by atoms with Gasteiger partial charge in [0.15, 0.2) is 0 Å². The highest BCUT2D eigenvalue weighted by atomic mass is 16.5. The zero-order valence-corrected chi connectivity index (χ0v) is 14.2. The maximum atomic E-state index is 12.4. The van der Waals surface area contributed by atoms with E-state index in [1.165, 1.54) is 12.8 Å². The molecule has 1 saturated carbocycles. The molecule has 1 fully saturated rings. The van der Waals surface area contributed by atoms with Crippen molar-refractivity contribution in [3.63, 3.8) is 0 Å². The number of fused-ring (bicyclic) bond motifs is 3. The summed E-state index contributed by atoms with van der Waals surface area (Å²) in [6.07, 6.45) is 6.67. The van der Waals surface area contributed by atoms with Crippen LogP contribution < -0.4 is 5.32 Å². The molecule has 4 rings (SSSR count). The van der Waals surface area contributed by atoms with Crippen molar-refractivity contribution in [3.8, 4) is 0 Å². The summed E-state index contributed by atoms with van der Waals surface area (Å²) in [6, 6.07) is 5.97. The molecule has 0 bridgehead atoms. The third kappa shape index (κ3) is 2.95. The Labute approximate surface area is 145 Å². The highest BCUT2D eigenvalue weighted by Gasteiger charge is 2.21. The standard InChI is InChI=1S/C18H21N5O2/c1-25-9-8-19-18(24)12-6-7-15-14(10-12)16-17(22-21-15)20-11-23(16)13-4-2-3-5-13/h6-7,10-11,13H,2-5,8-9H2,1H3,(H,19,24). The van der Waals surface area contributed by atoms with E-state index in [0.717, 1.165) is 29.3 Å². The lowest BCUT2D eigenvalue weighted by Gasteiger charge is -2.13. The number of ether oxygens (including phenoxy) is 1. The number of hydrogen-bond acceptors (Lipinski definition) is 5. The van der Waals surface area contributed by atoms with Crippen LogP contribution in [0, 0.1) is 0 Å². The number of amides is 1. The van der Waals surface area contributed by atoms with E-state index in [4.69, 9.17) is 4.74 Å². The second kappa shape index (κ2) is 6.76. The number of nitrogens with zero attached hydrogens (tertiary/aromatic N) is 4. The number of methoxy groups -OCH3 is 1. The average Bonchev–Trinajstić information content (AvgIpc) is 3.30. The molecule has 2 aromatic heterocycles. The third-order valence-corrected chi connectivity index (χ3v) is 4.85. The van der Waals surface area contributed by atoms with Crippen molar-refractivity contribution in [1.29, 1.82) is 0 Å². The van der Waals surface area contributed by atoms with Crippen LogP contribution in [0.1, 0.15) is 42.1 Å². The summed E-state index contributed by atoms with van der Waals surface area (Å²) >= 11 is 0. The molecule has 0 saturated heterocycles. The molecule has 0 unspecified atom stereocenters. The molecule has 1 amide bonds. The molecule has 0 atom stereocenters. The zero-order chi connectivity index (χ0) is 17.2. The lowest BCUT2D eigenvalue weighted by molar-refractivity contribution is 0.0937. The smallest absolute Gasteiger partial charge is 0.251 e. The van der Waals surface area contributed by atoms with Crippen LogP contribution in [0.3, 0.4) is 0 Å². The molecule has 130 valence electrons. The summed E-state index contributed by atoms with van der Waals surface area (Å²) in [5, 5.41) is 12.3. The van der Waals surface area contributed by atoms with Gasteiger partial charge in [0, 0.05) is 30.6 Å². The fourth-order valence-electron chi connectivity index (χ4n) is 3.57. The number of imidazole rings is 1. The van der Waals surface area contributed by atoms with Gasteiger partial charge < -0.3 is 14.6 Å². The summed E-state index contributed by atoms with van der Waals surface area (Å²) < 4.78 is 7.19. The third-order valence-electron chi connectivity index (χ3n) is 4.85. The Hall–Kier alpha value is -2.54. The molecule has 7 nitrogen and oxygen atoms in total. The van der Waals surface area contributed by atoms with E-state index in [2.05, 4.69) is 25.1 Å². The van der Waals surface area contributed by atoms with E-state index in [-0.39, 0.29) is 5.91 Å². The molecule has 3 aromatic rings. The maximum absolute atomic E-state index is 12.4. The summed E-state index contributed by atoms with van der Waals surface area (Å²) in [7, 11) is 1.61. The van der Waals surface area contributed by atoms with Gasteiger partial charge in [0.1, 0.15) is 0 Å². The minimum absolute atomic E-state index is 0.115. The van der Waals surface area contributed by atoms with Crippen LogP contribution in [0.2, 0.25) is 0 Å². The monoisotopic (exact) mass is 339 g/mol. The van der Waals surface area contributed by atoms with Crippen molar-refractivity contribution in [3.05, 3.63) is 30.1 Å². The number of benzene rings is 1. The molecule has 2 heterocycles. The van der Waals surface area contributed by atoms with Crippen LogP contribution in [0.4, 0.5) is 0 Å². The van der Waals surface area contributed by atoms with E-state index in [1.54, 1.807) is 13.2 Å². The first-order valence-electron chi connectivity index (χ1n) is 8.68. The van der Waals surface area contributed by atoms with Crippen LogP contribution >= 0.6 is 0 Å². The number of carbonyl (C=O) groups is 1. The average molecular weight is 339 g/mol. The SMILES string of the molecule is COCCNC(=O)c1ccc2nnc3ncn(C4CCCC4)c3c2c1. The van der Waals surface area contributed by atoms with E-state index >= 15 is 0 Å². The van der Waals surface area contributed by atoms with Crippen molar-refractivity contribution in [2.75, 3.05) is 20.3 Å². The first kappa shape index (κ1) is 16.0. The number of hydrogen-bond donors (Lipinski definition) is 1. The van der Waals surface area contributed by atoms with Crippen molar-refractivity contribution in [2.24, 2.45) is 0 Å². The summed E-state index contributed by atoms with van der Waals surface area (Å²) in [5.41, 5.74) is 3.00. The Bertz CT molecular complexity index is 914. The Morgan fingerprint density at radius 3 is 2.96 bits per heavy atom. The van der Waals surface area contributed by atoms with E-state index < -0.39 is 0 Å².